The van der Waals surface area contributed by atoms with Crippen molar-refractivity contribution in [1.29, 1.82) is 0 Å². The van der Waals surface area contributed by atoms with Crippen LogP contribution in [-0.2, 0) is 4.74 Å². The van der Waals surface area contributed by atoms with Gasteiger partial charge in [-0.2, -0.15) is 0 Å². The van der Waals surface area contributed by atoms with Crippen molar-refractivity contribution < 1.29 is 9.84 Å². The van der Waals surface area contributed by atoms with E-state index in [1.165, 1.54) is 38.5 Å². The highest BCUT2D eigenvalue weighted by atomic mass is 16.6. The Labute approximate surface area is 120 Å². The number of unbranched alkanes of at least 4 members (excludes halogenated alkanes) is 6. The van der Waals surface area contributed by atoms with E-state index in [-0.39, 0.29) is 0 Å². The predicted octanol–water partition coefficient (Wildman–Crippen LogP) is 5.29. The average Bonchev–Trinajstić information content (AvgIpc) is 2.31. The van der Waals surface area contributed by atoms with Crippen molar-refractivity contribution in [2.24, 2.45) is 5.41 Å². The van der Waals surface area contributed by atoms with Crippen molar-refractivity contribution in [3.8, 4) is 0 Å². The maximum Gasteiger partial charge on any atom is 0.154 e. The topological polar surface area (TPSA) is 29.5 Å². The smallest absolute Gasteiger partial charge is 0.154 e. The first-order valence-corrected chi connectivity index (χ1v) is 8.25. The third kappa shape index (κ3) is 15.9. The molecule has 116 valence electrons. The van der Waals surface area contributed by atoms with Gasteiger partial charge in [0.05, 0.1) is 0 Å². The summed E-state index contributed by atoms with van der Waals surface area (Å²) in [6, 6.07) is 0. The molecule has 0 aromatic rings. The lowest BCUT2D eigenvalue weighted by Gasteiger charge is -2.17. The fraction of sp³-hybridized carbons (Fsp3) is 1.00. The van der Waals surface area contributed by atoms with E-state index in [1.807, 2.05) is 0 Å². The maximum absolute atomic E-state index is 9.58. The number of aliphatic hydroxyl groups is 1. The Morgan fingerprint density at radius 3 is 2.05 bits per heavy atom. The number of aliphatic hydroxyl groups excluding tert-OH is 1. The molecule has 0 bridgehead atoms. The molecule has 0 rings (SSSR count). The van der Waals surface area contributed by atoms with Gasteiger partial charge >= 0.3 is 0 Å². The minimum atomic E-state index is -0.535. The highest BCUT2D eigenvalue weighted by Crippen LogP contribution is 2.22. The lowest BCUT2D eigenvalue weighted by molar-refractivity contribution is -0.104. The zero-order chi connectivity index (χ0) is 14.6. The molecular weight excluding hydrogens is 236 g/mol. The first kappa shape index (κ1) is 18.9. The summed E-state index contributed by atoms with van der Waals surface area (Å²) in [7, 11) is 0. The molecule has 0 radical (unpaired) electrons. The Morgan fingerprint density at radius 2 is 1.47 bits per heavy atom. The third-order valence-electron chi connectivity index (χ3n) is 3.44. The van der Waals surface area contributed by atoms with Crippen LogP contribution in [0.2, 0.25) is 0 Å². The molecule has 0 aromatic carbocycles. The second-order valence-corrected chi connectivity index (χ2v) is 6.90. The standard InChI is InChI=1S/C17H36O2/c1-5-6-15-19-16(18)13-11-9-7-8-10-12-14-17(2,3)4/h16,18H,5-15H2,1-4H3. The van der Waals surface area contributed by atoms with E-state index in [9.17, 15) is 5.11 Å². The first-order valence-electron chi connectivity index (χ1n) is 8.25. The summed E-state index contributed by atoms with van der Waals surface area (Å²) in [6.07, 6.45) is 11.4. The Balaban J connectivity index is 3.18. The van der Waals surface area contributed by atoms with E-state index in [0.717, 1.165) is 25.7 Å². The molecule has 0 aliphatic rings. The molecule has 0 aliphatic heterocycles. The van der Waals surface area contributed by atoms with Crippen LogP contribution in [0.3, 0.4) is 0 Å². The van der Waals surface area contributed by atoms with Gasteiger partial charge < -0.3 is 9.84 Å². The van der Waals surface area contributed by atoms with Crippen LogP contribution in [0.15, 0.2) is 0 Å². The van der Waals surface area contributed by atoms with E-state index >= 15 is 0 Å². The minimum Gasteiger partial charge on any atom is -0.368 e. The molecule has 1 atom stereocenters. The van der Waals surface area contributed by atoms with Gasteiger partial charge in [-0.3, -0.25) is 0 Å². The molecule has 2 nitrogen and oxygen atoms in total. The van der Waals surface area contributed by atoms with Crippen molar-refractivity contribution >= 4 is 0 Å². The summed E-state index contributed by atoms with van der Waals surface area (Å²) in [6.45, 7) is 9.77. The summed E-state index contributed by atoms with van der Waals surface area (Å²) in [4.78, 5) is 0. The van der Waals surface area contributed by atoms with Crippen molar-refractivity contribution in [3.05, 3.63) is 0 Å². The summed E-state index contributed by atoms with van der Waals surface area (Å²) in [5.74, 6) is 0. The number of rotatable bonds is 12. The molecule has 19 heavy (non-hydrogen) atoms. The van der Waals surface area contributed by atoms with E-state index in [2.05, 4.69) is 27.7 Å². The summed E-state index contributed by atoms with van der Waals surface area (Å²) < 4.78 is 5.32. The zero-order valence-corrected chi connectivity index (χ0v) is 13.7. The largest absolute Gasteiger partial charge is 0.368 e. The van der Waals surface area contributed by atoms with Crippen LogP contribution in [0.1, 0.15) is 91.9 Å². The Kier molecular flexibility index (Phi) is 11.7. The molecule has 2 heteroatoms. The van der Waals surface area contributed by atoms with Gasteiger partial charge in [0.1, 0.15) is 0 Å². The lowest BCUT2D eigenvalue weighted by Crippen LogP contribution is -2.12. The van der Waals surface area contributed by atoms with E-state index in [1.54, 1.807) is 0 Å². The van der Waals surface area contributed by atoms with Crippen molar-refractivity contribution in [1.82, 2.24) is 0 Å². The van der Waals surface area contributed by atoms with Gasteiger partial charge in [0, 0.05) is 6.61 Å². The summed E-state index contributed by atoms with van der Waals surface area (Å²) in [5.41, 5.74) is 0.486. The maximum atomic E-state index is 9.58. The number of ether oxygens (including phenoxy) is 1. The second-order valence-electron chi connectivity index (χ2n) is 6.90. The van der Waals surface area contributed by atoms with Gasteiger partial charge in [0.2, 0.25) is 0 Å². The normalized spacial score (nSPS) is 13.7. The summed E-state index contributed by atoms with van der Waals surface area (Å²) in [5, 5.41) is 9.58. The fourth-order valence-corrected chi connectivity index (χ4v) is 2.13. The fourth-order valence-electron chi connectivity index (χ4n) is 2.13. The molecule has 1 unspecified atom stereocenters. The molecule has 0 heterocycles. The van der Waals surface area contributed by atoms with Gasteiger partial charge in [-0.25, -0.2) is 0 Å². The Hall–Kier alpha value is -0.0800. The second kappa shape index (κ2) is 11.7. The van der Waals surface area contributed by atoms with Crippen LogP contribution in [0.4, 0.5) is 0 Å². The van der Waals surface area contributed by atoms with E-state index in [4.69, 9.17) is 4.74 Å². The highest BCUT2D eigenvalue weighted by molar-refractivity contribution is 4.61. The first-order chi connectivity index (χ1) is 8.95. The van der Waals surface area contributed by atoms with Gasteiger partial charge in [-0.15, -0.1) is 0 Å². The monoisotopic (exact) mass is 272 g/mol. The number of hydrogen-bond acceptors (Lipinski definition) is 2. The lowest BCUT2D eigenvalue weighted by atomic mass is 9.89. The summed E-state index contributed by atoms with van der Waals surface area (Å²) >= 11 is 0. The van der Waals surface area contributed by atoms with E-state index in [0.29, 0.717) is 12.0 Å². The molecule has 0 saturated carbocycles. The van der Waals surface area contributed by atoms with Gasteiger partial charge in [0.25, 0.3) is 0 Å². The SMILES string of the molecule is CCCCOC(O)CCCCCCCCC(C)(C)C. The van der Waals surface area contributed by atoms with Gasteiger partial charge in [-0.1, -0.05) is 66.2 Å². The average molecular weight is 272 g/mol. The third-order valence-corrected chi connectivity index (χ3v) is 3.44. The van der Waals surface area contributed by atoms with Crippen LogP contribution in [0.25, 0.3) is 0 Å². The van der Waals surface area contributed by atoms with Crippen molar-refractivity contribution in [2.75, 3.05) is 6.61 Å². The van der Waals surface area contributed by atoms with Crippen LogP contribution in [0, 0.1) is 5.41 Å². The Bertz CT molecular complexity index is 184. The van der Waals surface area contributed by atoms with Crippen LogP contribution in [-0.4, -0.2) is 18.0 Å². The number of hydrogen-bond donors (Lipinski definition) is 1. The van der Waals surface area contributed by atoms with Crippen LogP contribution < -0.4 is 0 Å². The quantitative estimate of drug-likeness (QED) is 0.386. The predicted molar refractivity (Wildman–Crippen MR) is 83.3 cm³/mol. The zero-order valence-electron chi connectivity index (χ0n) is 13.7. The molecular formula is C17H36O2. The Morgan fingerprint density at radius 1 is 0.895 bits per heavy atom. The molecule has 0 aromatic heterocycles. The van der Waals surface area contributed by atoms with Gasteiger partial charge in [-0.05, 0) is 31.1 Å². The highest BCUT2D eigenvalue weighted by Gasteiger charge is 2.08. The van der Waals surface area contributed by atoms with Gasteiger partial charge in [0.15, 0.2) is 6.29 Å². The van der Waals surface area contributed by atoms with Crippen LogP contribution in [0.5, 0.6) is 0 Å². The van der Waals surface area contributed by atoms with Crippen molar-refractivity contribution in [2.45, 2.75) is 98.2 Å². The van der Waals surface area contributed by atoms with Crippen molar-refractivity contribution in [3.63, 3.8) is 0 Å². The van der Waals surface area contributed by atoms with Crippen LogP contribution >= 0.6 is 0 Å². The molecule has 0 saturated heterocycles. The minimum absolute atomic E-state index is 0.486. The molecule has 1 N–H and O–H groups in total. The molecule has 0 fully saturated rings. The van der Waals surface area contributed by atoms with E-state index < -0.39 is 6.29 Å². The molecule has 0 aliphatic carbocycles. The molecule has 0 spiro atoms. The molecule has 0 amide bonds.